The van der Waals surface area contributed by atoms with Crippen LogP contribution in [0.2, 0.25) is 0 Å². The number of nitrogen functional groups attached to an aromatic ring is 1. The topological polar surface area (TPSA) is 56.2 Å². The van der Waals surface area contributed by atoms with Crippen LogP contribution in [0.1, 0.15) is 29.6 Å². The molecule has 1 aliphatic carbocycles. The van der Waals surface area contributed by atoms with Crippen molar-refractivity contribution in [2.24, 2.45) is 0 Å². The molecule has 1 fully saturated rings. The Morgan fingerprint density at radius 1 is 1.00 bits per heavy atom. The largest absolute Gasteiger partial charge is 0.398 e. The van der Waals surface area contributed by atoms with Gasteiger partial charge in [0, 0.05) is 17.8 Å². The Morgan fingerprint density at radius 3 is 2.68 bits per heavy atom. The maximum atomic E-state index is 5.84. The van der Waals surface area contributed by atoms with Crippen LogP contribution >= 0.6 is 0 Å². The van der Waals surface area contributed by atoms with Crippen molar-refractivity contribution in [1.82, 2.24) is 14.6 Å². The predicted molar refractivity (Wildman–Crippen MR) is 73.9 cm³/mol. The number of fused-ring (bicyclic) bond motifs is 1. The van der Waals surface area contributed by atoms with Gasteiger partial charge in [-0.2, -0.15) is 0 Å². The minimum atomic E-state index is 0.458. The van der Waals surface area contributed by atoms with Crippen molar-refractivity contribution in [1.29, 1.82) is 0 Å². The Hall–Kier alpha value is -2.36. The van der Waals surface area contributed by atoms with Crippen molar-refractivity contribution in [3.8, 4) is 0 Å². The first-order chi connectivity index (χ1) is 9.33. The second kappa shape index (κ2) is 3.82. The van der Waals surface area contributed by atoms with E-state index in [1.165, 1.54) is 5.56 Å². The molecule has 2 heterocycles. The minimum absolute atomic E-state index is 0.458. The van der Waals surface area contributed by atoms with Crippen LogP contribution in [0, 0.1) is 0 Å². The van der Waals surface area contributed by atoms with E-state index in [1.807, 2.05) is 28.8 Å². The third kappa shape index (κ3) is 1.68. The molecule has 2 aromatic heterocycles. The quantitative estimate of drug-likeness (QED) is 0.760. The second-order valence-corrected chi connectivity index (χ2v) is 5.11. The van der Waals surface area contributed by atoms with Gasteiger partial charge in [-0.15, -0.1) is 10.2 Å². The molecule has 0 saturated heterocycles. The number of hydrogen-bond donors (Lipinski definition) is 1. The van der Waals surface area contributed by atoms with Crippen molar-refractivity contribution in [2.45, 2.75) is 18.3 Å². The molecule has 2 unspecified atom stereocenters. The summed E-state index contributed by atoms with van der Waals surface area (Å²) in [5, 5.41) is 8.54. The Labute approximate surface area is 110 Å². The summed E-state index contributed by atoms with van der Waals surface area (Å²) in [5.41, 5.74) is 8.83. The number of rotatable bonds is 2. The Balaban J connectivity index is 1.72. The molecule has 4 rings (SSSR count). The van der Waals surface area contributed by atoms with Crippen LogP contribution in [-0.4, -0.2) is 14.6 Å². The minimum Gasteiger partial charge on any atom is -0.398 e. The molecule has 2 atom stereocenters. The number of aromatic nitrogens is 3. The first-order valence-electron chi connectivity index (χ1n) is 6.48. The van der Waals surface area contributed by atoms with Gasteiger partial charge in [-0.3, -0.25) is 4.40 Å². The van der Waals surface area contributed by atoms with Gasteiger partial charge in [0.2, 0.25) is 0 Å². The van der Waals surface area contributed by atoms with Crippen molar-refractivity contribution in [3.63, 3.8) is 0 Å². The summed E-state index contributed by atoms with van der Waals surface area (Å²) >= 11 is 0. The molecule has 1 aromatic carbocycles. The molecule has 4 heteroatoms. The Bertz CT molecular complexity index is 732. The van der Waals surface area contributed by atoms with Gasteiger partial charge in [-0.05, 0) is 30.0 Å². The highest BCUT2D eigenvalue weighted by atomic mass is 15.3. The van der Waals surface area contributed by atoms with Gasteiger partial charge in [0.1, 0.15) is 5.82 Å². The van der Waals surface area contributed by atoms with Gasteiger partial charge < -0.3 is 5.73 Å². The second-order valence-electron chi connectivity index (χ2n) is 5.11. The summed E-state index contributed by atoms with van der Waals surface area (Å²) < 4.78 is 2.02. The number of hydrogen-bond acceptors (Lipinski definition) is 3. The zero-order valence-corrected chi connectivity index (χ0v) is 10.4. The van der Waals surface area contributed by atoms with E-state index >= 15 is 0 Å². The van der Waals surface area contributed by atoms with Gasteiger partial charge in [0.25, 0.3) is 0 Å². The standard InChI is InChI=1S/C15H14N4/c16-11-6-7-14-17-18-15(19(14)9-11)13-8-12(13)10-4-2-1-3-5-10/h1-7,9,12-13H,8,16H2. The van der Waals surface area contributed by atoms with Gasteiger partial charge in [-0.1, -0.05) is 30.3 Å². The van der Waals surface area contributed by atoms with E-state index in [0.717, 1.165) is 23.6 Å². The van der Waals surface area contributed by atoms with Crippen LogP contribution in [0.25, 0.3) is 5.65 Å². The van der Waals surface area contributed by atoms with E-state index in [1.54, 1.807) is 0 Å². The molecule has 3 aromatic rings. The fourth-order valence-electron chi connectivity index (χ4n) is 2.73. The van der Waals surface area contributed by atoms with Crippen LogP contribution in [0.4, 0.5) is 5.69 Å². The zero-order valence-electron chi connectivity index (χ0n) is 10.4. The van der Waals surface area contributed by atoms with E-state index < -0.39 is 0 Å². The lowest BCUT2D eigenvalue weighted by Crippen LogP contribution is -1.96. The third-order valence-electron chi connectivity index (χ3n) is 3.80. The van der Waals surface area contributed by atoms with Crippen LogP contribution in [0.5, 0.6) is 0 Å². The lowest BCUT2D eigenvalue weighted by Gasteiger charge is -2.01. The number of nitrogens with two attached hydrogens (primary N) is 1. The first kappa shape index (κ1) is 10.6. The van der Waals surface area contributed by atoms with E-state index in [2.05, 4.69) is 34.5 Å². The number of pyridine rings is 1. The molecule has 1 saturated carbocycles. The first-order valence-corrected chi connectivity index (χ1v) is 6.48. The lowest BCUT2D eigenvalue weighted by molar-refractivity contribution is 0.871. The number of nitrogens with zero attached hydrogens (tertiary/aromatic N) is 3. The molecular weight excluding hydrogens is 236 g/mol. The Morgan fingerprint density at radius 2 is 1.84 bits per heavy atom. The van der Waals surface area contributed by atoms with Crippen molar-refractivity contribution in [3.05, 3.63) is 60.0 Å². The molecule has 2 N–H and O–H groups in total. The van der Waals surface area contributed by atoms with Gasteiger partial charge in [0.15, 0.2) is 5.65 Å². The third-order valence-corrected chi connectivity index (χ3v) is 3.80. The SMILES string of the molecule is Nc1ccc2nnc(C3CC3c3ccccc3)n2c1. The lowest BCUT2D eigenvalue weighted by atomic mass is 10.1. The zero-order chi connectivity index (χ0) is 12.8. The average molecular weight is 250 g/mol. The summed E-state index contributed by atoms with van der Waals surface area (Å²) in [7, 11) is 0. The molecule has 1 aliphatic rings. The average Bonchev–Trinajstić information content (AvgIpc) is 3.13. The highest BCUT2D eigenvalue weighted by Crippen LogP contribution is 2.53. The fourth-order valence-corrected chi connectivity index (χ4v) is 2.73. The molecule has 0 amide bonds. The van der Waals surface area contributed by atoms with Crippen molar-refractivity contribution in [2.75, 3.05) is 5.73 Å². The summed E-state index contributed by atoms with van der Waals surface area (Å²) in [6.45, 7) is 0. The summed E-state index contributed by atoms with van der Waals surface area (Å²) in [6, 6.07) is 14.4. The number of benzene rings is 1. The smallest absolute Gasteiger partial charge is 0.160 e. The van der Waals surface area contributed by atoms with Crippen LogP contribution in [0.15, 0.2) is 48.7 Å². The monoisotopic (exact) mass is 250 g/mol. The molecule has 0 bridgehead atoms. The summed E-state index contributed by atoms with van der Waals surface area (Å²) in [5.74, 6) is 2.05. The molecule has 19 heavy (non-hydrogen) atoms. The van der Waals surface area contributed by atoms with Crippen molar-refractivity contribution < 1.29 is 0 Å². The maximum Gasteiger partial charge on any atom is 0.160 e. The highest BCUT2D eigenvalue weighted by Gasteiger charge is 2.42. The summed E-state index contributed by atoms with van der Waals surface area (Å²) in [6.07, 6.45) is 3.05. The van der Waals surface area contributed by atoms with E-state index in [-0.39, 0.29) is 0 Å². The van der Waals surface area contributed by atoms with E-state index in [9.17, 15) is 0 Å². The number of anilines is 1. The predicted octanol–water partition coefficient (Wildman–Crippen LogP) is 2.58. The molecule has 0 spiro atoms. The molecule has 94 valence electrons. The molecule has 0 radical (unpaired) electrons. The normalized spacial score (nSPS) is 21.7. The van der Waals surface area contributed by atoms with Gasteiger partial charge in [0.05, 0.1) is 0 Å². The van der Waals surface area contributed by atoms with Gasteiger partial charge >= 0.3 is 0 Å². The Kier molecular flexibility index (Phi) is 2.12. The van der Waals surface area contributed by atoms with Crippen molar-refractivity contribution >= 4 is 11.3 Å². The van der Waals surface area contributed by atoms with E-state index in [0.29, 0.717) is 11.8 Å². The maximum absolute atomic E-state index is 5.84. The molecule has 0 aliphatic heterocycles. The summed E-state index contributed by atoms with van der Waals surface area (Å²) in [4.78, 5) is 0. The fraction of sp³-hybridized carbons (Fsp3) is 0.200. The molecular formula is C15H14N4. The van der Waals surface area contributed by atoms with Crippen LogP contribution in [-0.2, 0) is 0 Å². The van der Waals surface area contributed by atoms with Crippen LogP contribution in [0.3, 0.4) is 0 Å². The van der Waals surface area contributed by atoms with Crippen LogP contribution < -0.4 is 5.73 Å². The van der Waals surface area contributed by atoms with E-state index in [4.69, 9.17) is 5.73 Å². The highest BCUT2D eigenvalue weighted by molar-refractivity contribution is 5.48. The van der Waals surface area contributed by atoms with Gasteiger partial charge in [-0.25, -0.2) is 0 Å². The molecule has 4 nitrogen and oxygen atoms in total.